The molecule has 8 rings (SSSR count). The number of unbranched alkanes of at least 4 members (excludes halogenated alkanes) is 4. The fourth-order valence-electron chi connectivity index (χ4n) is 9.24. The zero-order valence-electron chi connectivity index (χ0n) is 33.0. The van der Waals surface area contributed by atoms with Gasteiger partial charge in [-0.2, -0.15) is 19.9 Å². The van der Waals surface area contributed by atoms with Crippen molar-refractivity contribution in [1.29, 1.82) is 0 Å². The van der Waals surface area contributed by atoms with Gasteiger partial charge >= 0.3 is 0 Å². The van der Waals surface area contributed by atoms with E-state index >= 15 is 0 Å². The molecule has 0 spiro atoms. The molecule has 2 aliphatic heterocycles. The molecule has 6 heterocycles. The second kappa shape index (κ2) is 20.7. The second-order valence-electron chi connectivity index (χ2n) is 16.4. The Labute approximate surface area is 341 Å². The molecule has 4 aromatic heterocycles. The highest BCUT2D eigenvalue weighted by Crippen LogP contribution is 2.35. The molecule has 16 heteroatoms. The molecule has 0 atom stereocenters. The molecule has 14 nitrogen and oxygen atoms in total. The number of anilines is 2. The molecule has 0 bridgehead atoms. The van der Waals surface area contributed by atoms with Gasteiger partial charge in [-0.1, -0.05) is 64.2 Å². The van der Waals surface area contributed by atoms with E-state index in [0.717, 1.165) is 86.0 Å². The average Bonchev–Trinajstić information content (AvgIpc) is 4.04. The van der Waals surface area contributed by atoms with Crippen LogP contribution in [0.1, 0.15) is 141 Å². The predicted molar refractivity (Wildman–Crippen MR) is 223 cm³/mol. The van der Waals surface area contributed by atoms with Gasteiger partial charge in [-0.25, -0.2) is 20.0 Å². The van der Waals surface area contributed by atoms with Gasteiger partial charge in [-0.3, -0.25) is 0 Å². The molecule has 4 aliphatic rings. The number of aliphatic hydroxyl groups is 2. The third-order valence-electron chi connectivity index (χ3n) is 12.5. The van der Waals surface area contributed by atoms with Gasteiger partial charge in [0.05, 0.1) is 12.7 Å². The summed E-state index contributed by atoms with van der Waals surface area (Å²) in [5.41, 5.74) is 10.2. The van der Waals surface area contributed by atoms with Crippen LogP contribution in [-0.4, -0.2) is 98.7 Å². The molecule has 0 unspecified atom stereocenters. The highest BCUT2D eigenvalue weighted by atomic mass is 35.5. The fourth-order valence-corrected chi connectivity index (χ4v) is 9.57. The van der Waals surface area contributed by atoms with E-state index in [-0.39, 0.29) is 10.6 Å². The van der Waals surface area contributed by atoms with Crippen LogP contribution < -0.4 is 10.9 Å². The lowest BCUT2D eigenvalue weighted by molar-refractivity contribution is 0.205. The number of rotatable bonds is 16. The van der Waals surface area contributed by atoms with E-state index in [0.29, 0.717) is 36.9 Å². The van der Waals surface area contributed by atoms with Crippen molar-refractivity contribution in [2.24, 2.45) is 11.8 Å². The fraction of sp³-hybridized carbons (Fsp3) is 0.750. The minimum atomic E-state index is 0.272. The number of nitrogens with zero attached hydrogens (tertiary/aromatic N) is 10. The summed E-state index contributed by atoms with van der Waals surface area (Å²) < 4.78 is 4.36. The molecule has 56 heavy (non-hydrogen) atoms. The minimum absolute atomic E-state index is 0.272. The molecule has 2 saturated carbocycles. The molecular formula is C40H62Cl2N12O2. The zero-order valence-corrected chi connectivity index (χ0v) is 34.5. The maximum absolute atomic E-state index is 8.89. The Morgan fingerprint density at radius 2 is 0.929 bits per heavy atom. The number of nitrogens with one attached hydrogen (secondary N) is 2. The Bertz CT molecular complexity index is 1660. The van der Waals surface area contributed by atoms with Crippen molar-refractivity contribution in [2.75, 3.05) is 50.2 Å². The van der Waals surface area contributed by atoms with Crippen LogP contribution in [0.2, 0.25) is 10.6 Å². The third-order valence-corrected chi connectivity index (χ3v) is 12.9. The lowest BCUT2D eigenvalue weighted by atomic mass is 9.92. The molecule has 2 aliphatic carbocycles. The van der Waals surface area contributed by atoms with Crippen LogP contribution in [0.5, 0.6) is 0 Å². The quantitative estimate of drug-likeness (QED) is 0.0634. The summed E-state index contributed by atoms with van der Waals surface area (Å²) in [4.78, 5) is 27.0. The molecule has 2 saturated heterocycles. The van der Waals surface area contributed by atoms with E-state index < -0.39 is 0 Å². The number of fused-ring (bicyclic) bond motifs is 2. The first-order valence-corrected chi connectivity index (χ1v) is 22.3. The Morgan fingerprint density at radius 1 is 0.536 bits per heavy atom. The van der Waals surface area contributed by atoms with Gasteiger partial charge in [0.15, 0.2) is 34.0 Å². The number of aromatic nitrogens is 8. The lowest BCUT2D eigenvalue weighted by Crippen LogP contribution is -2.38. The van der Waals surface area contributed by atoms with E-state index in [4.69, 9.17) is 33.4 Å². The summed E-state index contributed by atoms with van der Waals surface area (Å²) >= 11 is 12.5. The van der Waals surface area contributed by atoms with Crippen molar-refractivity contribution in [3.8, 4) is 0 Å². The maximum Gasteiger partial charge on any atom is 0.226 e. The van der Waals surface area contributed by atoms with Crippen molar-refractivity contribution in [2.45, 2.75) is 141 Å². The Hall–Kier alpha value is -2.88. The van der Waals surface area contributed by atoms with E-state index in [9.17, 15) is 0 Å². The first-order valence-electron chi connectivity index (χ1n) is 21.5. The van der Waals surface area contributed by atoms with Crippen LogP contribution >= 0.6 is 23.2 Å². The number of piperidine rings is 2. The molecule has 0 aromatic carbocycles. The molecule has 0 amide bonds. The number of hydrazine groups is 2. The smallest absolute Gasteiger partial charge is 0.226 e. The summed E-state index contributed by atoms with van der Waals surface area (Å²) in [5, 5.41) is 22.8. The SMILES string of the molecule is OCCCCCC1CCN(Nc2nc(Cl)nc3c2ncn3C2CCCC2)CC1.OCCCCCC1CCN(Nc2nc(Cl)nc3c2ncn3C2CCCC2)CC1. The number of halogens is 2. The topological polar surface area (TPSA) is 158 Å². The first kappa shape index (κ1) is 41.3. The highest BCUT2D eigenvalue weighted by Gasteiger charge is 2.26. The summed E-state index contributed by atoms with van der Waals surface area (Å²) in [7, 11) is 0. The normalized spacial score (nSPS) is 19.6. The van der Waals surface area contributed by atoms with Gasteiger partial charge in [0, 0.05) is 51.5 Å². The van der Waals surface area contributed by atoms with Gasteiger partial charge in [0.1, 0.15) is 0 Å². The number of hydrogen-bond acceptors (Lipinski definition) is 12. The molecule has 4 aromatic rings. The van der Waals surface area contributed by atoms with E-state index in [1.54, 1.807) is 0 Å². The van der Waals surface area contributed by atoms with Gasteiger partial charge in [0.2, 0.25) is 10.6 Å². The first-order chi connectivity index (χ1) is 27.5. The van der Waals surface area contributed by atoms with Crippen LogP contribution in [0.4, 0.5) is 11.6 Å². The van der Waals surface area contributed by atoms with Gasteiger partial charge in [-0.05, 0) is 99.2 Å². The lowest BCUT2D eigenvalue weighted by Gasteiger charge is -2.32. The number of imidazole rings is 2. The van der Waals surface area contributed by atoms with Crippen LogP contribution in [0.15, 0.2) is 12.7 Å². The van der Waals surface area contributed by atoms with Crippen LogP contribution in [0.3, 0.4) is 0 Å². The second-order valence-corrected chi connectivity index (χ2v) is 17.1. The van der Waals surface area contributed by atoms with Gasteiger partial charge < -0.3 is 30.2 Å². The van der Waals surface area contributed by atoms with Crippen molar-refractivity contribution >= 4 is 57.2 Å². The largest absolute Gasteiger partial charge is 0.396 e. The van der Waals surface area contributed by atoms with Crippen molar-refractivity contribution in [1.82, 2.24) is 49.1 Å². The van der Waals surface area contributed by atoms with Gasteiger partial charge in [0.25, 0.3) is 0 Å². The standard InChI is InChI=1S/2C20H31ClN6O/c2*21-20-23-18(17-19(24-20)27(14-22-17)16-7-3-4-8-16)25-26-11-9-15(10-12-26)6-2-1-5-13-28/h2*14-16,28H,1-13H2,(H,23,24,25). The average molecular weight is 814 g/mol. The molecule has 4 N–H and O–H groups in total. The number of aliphatic hydroxyl groups excluding tert-OH is 2. The van der Waals surface area contributed by atoms with Crippen LogP contribution in [-0.2, 0) is 0 Å². The molecule has 0 radical (unpaired) electrons. The highest BCUT2D eigenvalue weighted by molar-refractivity contribution is 6.29. The summed E-state index contributed by atoms with van der Waals surface area (Å²) in [6.45, 7) is 4.62. The zero-order chi connectivity index (χ0) is 38.7. The molecule has 4 fully saturated rings. The third kappa shape index (κ3) is 10.8. The molecule has 308 valence electrons. The minimum Gasteiger partial charge on any atom is -0.396 e. The Kier molecular flexibility index (Phi) is 15.3. The van der Waals surface area contributed by atoms with Crippen molar-refractivity contribution in [3.63, 3.8) is 0 Å². The van der Waals surface area contributed by atoms with Crippen molar-refractivity contribution < 1.29 is 10.2 Å². The summed E-state index contributed by atoms with van der Waals surface area (Å²) in [6.07, 6.45) is 27.4. The predicted octanol–water partition coefficient (Wildman–Crippen LogP) is 8.37. The van der Waals surface area contributed by atoms with E-state index in [1.165, 1.54) is 103 Å². The van der Waals surface area contributed by atoms with Crippen LogP contribution in [0, 0.1) is 11.8 Å². The number of hydrogen-bond donors (Lipinski definition) is 4. The monoisotopic (exact) mass is 812 g/mol. The van der Waals surface area contributed by atoms with Crippen LogP contribution in [0.25, 0.3) is 22.3 Å². The Morgan fingerprint density at radius 3 is 1.30 bits per heavy atom. The van der Waals surface area contributed by atoms with Crippen molar-refractivity contribution in [3.05, 3.63) is 23.2 Å². The van der Waals surface area contributed by atoms with Gasteiger partial charge in [-0.15, -0.1) is 0 Å². The molecular weight excluding hydrogens is 751 g/mol. The Balaban J connectivity index is 0.000000172. The summed E-state index contributed by atoms with van der Waals surface area (Å²) in [6, 6.07) is 0.954. The maximum atomic E-state index is 8.89. The van der Waals surface area contributed by atoms with E-state index in [1.807, 2.05) is 12.7 Å². The van der Waals surface area contributed by atoms with E-state index in [2.05, 4.69) is 59.9 Å². The summed E-state index contributed by atoms with van der Waals surface area (Å²) in [5.74, 6) is 3.00.